The Balaban J connectivity index is 1.56. The predicted molar refractivity (Wildman–Crippen MR) is 109 cm³/mol. The van der Waals surface area contributed by atoms with Crippen LogP contribution in [0.25, 0.3) is 11.0 Å². The molecule has 0 unspecified atom stereocenters. The molecule has 0 saturated carbocycles. The molecule has 0 saturated heterocycles. The predicted octanol–water partition coefficient (Wildman–Crippen LogP) is 3.20. The van der Waals surface area contributed by atoms with E-state index >= 15 is 0 Å². The molecule has 1 N–H and O–H groups in total. The Morgan fingerprint density at radius 2 is 1.86 bits per heavy atom. The fourth-order valence-electron chi connectivity index (χ4n) is 3.15. The van der Waals surface area contributed by atoms with Crippen molar-refractivity contribution in [3.63, 3.8) is 0 Å². The monoisotopic (exact) mass is 381 g/mol. The van der Waals surface area contributed by atoms with Crippen LogP contribution in [-0.4, -0.2) is 42.3 Å². The van der Waals surface area contributed by atoms with Crippen molar-refractivity contribution >= 4 is 16.9 Å². The number of carbonyl (C=O) groups excluding carboxylic acids is 1. The van der Waals surface area contributed by atoms with Gasteiger partial charge >= 0.3 is 0 Å². The zero-order valence-corrected chi connectivity index (χ0v) is 16.3. The second-order valence-electron chi connectivity index (χ2n) is 6.57. The van der Waals surface area contributed by atoms with Gasteiger partial charge in [-0.3, -0.25) is 4.79 Å². The largest absolute Gasteiger partial charge is 0.494 e. The molecule has 0 aliphatic rings. The number of aryl methyl sites for hydroxylation is 2. The van der Waals surface area contributed by atoms with Gasteiger partial charge in [-0.1, -0.05) is 30.3 Å². The molecule has 148 valence electrons. The Morgan fingerprint density at radius 3 is 2.68 bits per heavy atom. The summed E-state index contributed by atoms with van der Waals surface area (Å²) in [6, 6.07) is 18.0. The van der Waals surface area contributed by atoms with E-state index in [2.05, 4.69) is 16.0 Å². The van der Waals surface area contributed by atoms with Crippen LogP contribution in [0.3, 0.4) is 0 Å². The molecule has 1 amide bonds. The lowest BCUT2D eigenvalue weighted by molar-refractivity contribution is -0.124. The zero-order valence-electron chi connectivity index (χ0n) is 16.3. The Kier molecular flexibility index (Phi) is 7.44. The van der Waals surface area contributed by atoms with Crippen molar-refractivity contribution in [2.24, 2.45) is 0 Å². The highest BCUT2D eigenvalue weighted by Gasteiger charge is 2.10. The average Bonchev–Trinajstić information content (AvgIpc) is 3.07. The van der Waals surface area contributed by atoms with Crippen LogP contribution in [0.15, 0.2) is 54.6 Å². The van der Waals surface area contributed by atoms with Gasteiger partial charge in [-0.2, -0.15) is 0 Å². The molecule has 0 atom stereocenters. The van der Waals surface area contributed by atoms with Crippen molar-refractivity contribution in [1.29, 1.82) is 0 Å². The maximum absolute atomic E-state index is 11.5. The lowest BCUT2D eigenvalue weighted by Crippen LogP contribution is -2.28. The molecule has 0 aliphatic carbocycles. The van der Waals surface area contributed by atoms with Crippen LogP contribution in [-0.2, 0) is 22.5 Å². The molecule has 0 aliphatic heterocycles. The van der Waals surface area contributed by atoms with Crippen molar-refractivity contribution in [3.05, 3.63) is 60.4 Å². The molecule has 6 nitrogen and oxygen atoms in total. The Labute approximate surface area is 165 Å². The third-order valence-electron chi connectivity index (χ3n) is 4.45. The minimum atomic E-state index is -0.0888. The first-order valence-electron chi connectivity index (χ1n) is 9.65. The third kappa shape index (κ3) is 5.57. The number of fused-ring (bicyclic) bond motifs is 1. The molecule has 1 heterocycles. The summed E-state index contributed by atoms with van der Waals surface area (Å²) in [5, 5.41) is 2.86. The molecule has 0 fully saturated rings. The van der Waals surface area contributed by atoms with Crippen molar-refractivity contribution < 1.29 is 14.3 Å². The number of hydrogen-bond acceptors (Lipinski definition) is 4. The van der Waals surface area contributed by atoms with E-state index in [1.165, 1.54) is 7.11 Å². The quantitative estimate of drug-likeness (QED) is 0.518. The first kappa shape index (κ1) is 19.9. The number of rotatable bonds is 11. The van der Waals surface area contributed by atoms with Gasteiger partial charge in [0.25, 0.3) is 0 Å². The summed E-state index contributed by atoms with van der Waals surface area (Å²) in [5.41, 5.74) is 2.14. The molecule has 0 radical (unpaired) electrons. The number of methoxy groups -OCH3 is 1. The van der Waals surface area contributed by atoms with E-state index in [9.17, 15) is 4.79 Å². The van der Waals surface area contributed by atoms with Gasteiger partial charge in [-0.05, 0) is 37.1 Å². The third-order valence-corrected chi connectivity index (χ3v) is 4.45. The number of carbonyl (C=O) groups is 1. The summed E-state index contributed by atoms with van der Waals surface area (Å²) in [6.07, 6.45) is 2.54. The number of para-hydroxylation sites is 3. The minimum absolute atomic E-state index is 0.0888. The van der Waals surface area contributed by atoms with Crippen molar-refractivity contribution in [1.82, 2.24) is 14.9 Å². The maximum atomic E-state index is 11.5. The van der Waals surface area contributed by atoms with E-state index in [0.29, 0.717) is 13.2 Å². The van der Waals surface area contributed by atoms with Gasteiger partial charge in [0, 0.05) is 26.6 Å². The minimum Gasteiger partial charge on any atom is -0.494 e. The highest BCUT2D eigenvalue weighted by Crippen LogP contribution is 2.18. The van der Waals surface area contributed by atoms with Gasteiger partial charge in [-0.25, -0.2) is 4.98 Å². The number of ether oxygens (including phenoxy) is 2. The Hall–Kier alpha value is -2.86. The molecule has 0 bridgehead atoms. The van der Waals surface area contributed by atoms with Gasteiger partial charge in [0.05, 0.1) is 17.6 Å². The zero-order chi connectivity index (χ0) is 19.6. The van der Waals surface area contributed by atoms with Gasteiger partial charge in [-0.15, -0.1) is 0 Å². The van der Waals surface area contributed by atoms with Crippen LogP contribution in [0.1, 0.15) is 18.7 Å². The van der Waals surface area contributed by atoms with E-state index in [4.69, 9.17) is 14.5 Å². The SMILES string of the molecule is COCC(=O)NCCCc1nc2ccccc2n1CCCOc1ccccc1. The maximum Gasteiger partial charge on any atom is 0.245 e. The van der Waals surface area contributed by atoms with Crippen LogP contribution in [0, 0.1) is 0 Å². The summed E-state index contributed by atoms with van der Waals surface area (Å²) >= 11 is 0. The smallest absolute Gasteiger partial charge is 0.245 e. The van der Waals surface area contributed by atoms with Crippen molar-refractivity contribution in [2.75, 3.05) is 26.9 Å². The fraction of sp³-hybridized carbons (Fsp3) is 0.364. The highest BCUT2D eigenvalue weighted by atomic mass is 16.5. The fourth-order valence-corrected chi connectivity index (χ4v) is 3.15. The van der Waals surface area contributed by atoms with Crippen molar-refractivity contribution in [2.45, 2.75) is 25.8 Å². The summed E-state index contributed by atoms with van der Waals surface area (Å²) in [7, 11) is 1.52. The number of benzene rings is 2. The summed E-state index contributed by atoms with van der Waals surface area (Å²) in [5.74, 6) is 1.85. The summed E-state index contributed by atoms with van der Waals surface area (Å²) < 4.78 is 12.9. The van der Waals surface area contributed by atoms with E-state index < -0.39 is 0 Å². The molecule has 3 aromatic rings. The molecule has 3 rings (SSSR count). The first-order valence-corrected chi connectivity index (χ1v) is 9.65. The van der Waals surface area contributed by atoms with Crippen LogP contribution in [0.2, 0.25) is 0 Å². The van der Waals surface area contributed by atoms with Gasteiger partial charge < -0.3 is 19.4 Å². The number of aromatic nitrogens is 2. The average molecular weight is 381 g/mol. The standard InChI is InChI=1S/C22H27N3O3/c1-27-17-22(26)23-14-7-13-21-24-19-11-5-6-12-20(19)25(21)15-8-16-28-18-9-3-2-4-10-18/h2-6,9-12H,7-8,13-17H2,1H3,(H,23,26). The van der Waals surface area contributed by atoms with E-state index in [-0.39, 0.29) is 12.5 Å². The Morgan fingerprint density at radius 1 is 1.07 bits per heavy atom. The van der Waals surface area contributed by atoms with Gasteiger partial charge in [0.2, 0.25) is 5.91 Å². The van der Waals surface area contributed by atoms with Crippen LogP contribution in [0.5, 0.6) is 5.75 Å². The summed E-state index contributed by atoms with van der Waals surface area (Å²) in [6.45, 7) is 2.21. The second kappa shape index (κ2) is 10.5. The number of nitrogens with one attached hydrogen (secondary N) is 1. The highest BCUT2D eigenvalue weighted by molar-refractivity contribution is 5.77. The van der Waals surface area contributed by atoms with Gasteiger partial charge in [0.1, 0.15) is 18.2 Å². The molecular formula is C22H27N3O3. The van der Waals surface area contributed by atoms with E-state index in [1.54, 1.807) is 0 Å². The number of imidazole rings is 1. The van der Waals surface area contributed by atoms with Gasteiger partial charge in [0.15, 0.2) is 0 Å². The van der Waals surface area contributed by atoms with Crippen molar-refractivity contribution in [3.8, 4) is 5.75 Å². The Bertz CT molecular complexity index is 877. The molecule has 28 heavy (non-hydrogen) atoms. The van der Waals surface area contributed by atoms with E-state index in [1.807, 2.05) is 48.5 Å². The molecule has 6 heteroatoms. The van der Waals surface area contributed by atoms with Crippen LogP contribution < -0.4 is 10.1 Å². The first-order chi connectivity index (χ1) is 13.8. The van der Waals surface area contributed by atoms with E-state index in [0.717, 1.165) is 48.4 Å². The summed E-state index contributed by atoms with van der Waals surface area (Å²) in [4.78, 5) is 16.3. The molecule has 2 aromatic carbocycles. The normalized spacial score (nSPS) is 10.9. The second-order valence-corrected chi connectivity index (χ2v) is 6.57. The molecule has 0 spiro atoms. The van der Waals surface area contributed by atoms with Crippen LogP contribution >= 0.6 is 0 Å². The molecule has 1 aromatic heterocycles. The molecular weight excluding hydrogens is 354 g/mol. The number of amides is 1. The van der Waals surface area contributed by atoms with Crippen LogP contribution in [0.4, 0.5) is 0 Å². The lowest BCUT2D eigenvalue weighted by Gasteiger charge is -2.11. The number of hydrogen-bond donors (Lipinski definition) is 1. The topological polar surface area (TPSA) is 65.4 Å². The number of nitrogens with zero attached hydrogens (tertiary/aromatic N) is 2. The lowest BCUT2D eigenvalue weighted by atomic mass is 10.2.